The zero-order valence-electron chi connectivity index (χ0n) is 20.0. The highest BCUT2D eigenvalue weighted by Gasteiger charge is 2.28. The first-order chi connectivity index (χ1) is 16.8. The van der Waals surface area contributed by atoms with Crippen LogP contribution in [0.2, 0.25) is 0 Å². The van der Waals surface area contributed by atoms with Gasteiger partial charge in [0.15, 0.2) is 0 Å². The van der Waals surface area contributed by atoms with E-state index in [1.165, 1.54) is 16.4 Å². The molecule has 1 N–H and O–H groups in total. The van der Waals surface area contributed by atoms with Gasteiger partial charge in [-0.3, -0.25) is 9.10 Å². The van der Waals surface area contributed by atoms with E-state index < -0.39 is 15.9 Å². The fourth-order valence-corrected chi connectivity index (χ4v) is 5.41. The molecule has 4 rings (SSSR count). The maximum absolute atomic E-state index is 13.6. The molecule has 0 unspecified atom stereocenters. The van der Waals surface area contributed by atoms with E-state index >= 15 is 0 Å². The Morgan fingerprint density at radius 3 is 2.40 bits per heavy atom. The van der Waals surface area contributed by atoms with Gasteiger partial charge in [0.05, 0.1) is 16.3 Å². The van der Waals surface area contributed by atoms with Crippen LogP contribution in [-0.4, -0.2) is 30.4 Å². The summed E-state index contributed by atoms with van der Waals surface area (Å²) < 4.78 is 30.3. The fraction of sp³-hybridized carbons (Fsp3) is 0.185. The van der Waals surface area contributed by atoms with Gasteiger partial charge in [-0.15, -0.1) is 0 Å². The third kappa shape index (κ3) is 5.27. The maximum atomic E-state index is 13.6. The number of hydrogen-bond donors (Lipinski definition) is 1. The number of rotatable bonds is 8. The Labute approximate surface area is 206 Å². The van der Waals surface area contributed by atoms with Crippen LogP contribution in [0.1, 0.15) is 22.5 Å². The van der Waals surface area contributed by atoms with Gasteiger partial charge in [0.25, 0.3) is 10.0 Å². The molecule has 0 saturated carbocycles. The second kappa shape index (κ2) is 10.1. The lowest BCUT2D eigenvalue weighted by atomic mass is 10.1. The number of hydrogen-bond acceptors (Lipinski definition) is 4. The van der Waals surface area contributed by atoms with Crippen molar-refractivity contribution in [1.82, 2.24) is 14.9 Å². The molecule has 0 fully saturated rings. The second-order valence-electron chi connectivity index (χ2n) is 8.36. The van der Waals surface area contributed by atoms with Crippen molar-refractivity contribution in [2.45, 2.75) is 32.2 Å². The third-order valence-corrected chi connectivity index (χ3v) is 7.58. The summed E-state index contributed by atoms with van der Waals surface area (Å²) >= 11 is 0. The zero-order chi connectivity index (χ0) is 25.0. The molecule has 7 nitrogen and oxygen atoms in total. The molecular weight excluding hydrogens is 460 g/mol. The number of nitrogens with one attached hydrogen (secondary N) is 1. The van der Waals surface area contributed by atoms with Crippen LogP contribution in [0.3, 0.4) is 0 Å². The van der Waals surface area contributed by atoms with Crippen LogP contribution in [0.4, 0.5) is 5.69 Å². The van der Waals surface area contributed by atoms with Crippen molar-refractivity contribution in [1.29, 1.82) is 0 Å². The number of aryl methyl sites for hydroxylation is 3. The van der Waals surface area contributed by atoms with Gasteiger partial charge < -0.3 is 9.88 Å². The molecule has 0 saturated heterocycles. The minimum absolute atomic E-state index is 0.134. The first kappa shape index (κ1) is 24.2. The van der Waals surface area contributed by atoms with E-state index in [0.29, 0.717) is 5.69 Å². The Morgan fingerprint density at radius 2 is 1.69 bits per heavy atom. The molecule has 1 aromatic heterocycles. The van der Waals surface area contributed by atoms with Crippen LogP contribution in [-0.2, 0) is 21.4 Å². The number of imidazole rings is 1. The van der Waals surface area contributed by atoms with Crippen molar-refractivity contribution in [3.8, 4) is 5.69 Å². The number of carbonyl (C=O) groups is 1. The molecule has 0 aliphatic heterocycles. The molecular formula is C27H28N4O3S. The topological polar surface area (TPSA) is 84.3 Å². The molecule has 3 aromatic carbocycles. The molecule has 35 heavy (non-hydrogen) atoms. The van der Waals surface area contributed by atoms with E-state index in [9.17, 15) is 13.2 Å². The first-order valence-corrected chi connectivity index (χ1v) is 12.7. The van der Waals surface area contributed by atoms with Crippen LogP contribution < -0.4 is 9.62 Å². The van der Waals surface area contributed by atoms with Crippen molar-refractivity contribution < 1.29 is 13.2 Å². The lowest BCUT2D eigenvalue weighted by molar-refractivity contribution is -0.119. The average molecular weight is 489 g/mol. The predicted molar refractivity (Wildman–Crippen MR) is 137 cm³/mol. The highest BCUT2D eigenvalue weighted by atomic mass is 32.2. The van der Waals surface area contributed by atoms with Crippen molar-refractivity contribution >= 4 is 21.6 Å². The summed E-state index contributed by atoms with van der Waals surface area (Å²) in [7, 11) is -3.96. The molecule has 0 aliphatic rings. The Hall–Kier alpha value is -3.91. The van der Waals surface area contributed by atoms with Gasteiger partial charge >= 0.3 is 0 Å². The maximum Gasteiger partial charge on any atom is 0.264 e. The predicted octanol–water partition coefficient (Wildman–Crippen LogP) is 4.31. The van der Waals surface area contributed by atoms with E-state index in [-0.39, 0.29) is 18.0 Å². The minimum atomic E-state index is -3.96. The lowest BCUT2D eigenvalue weighted by Crippen LogP contribution is -2.41. The monoisotopic (exact) mass is 488 g/mol. The first-order valence-electron chi connectivity index (χ1n) is 11.3. The van der Waals surface area contributed by atoms with Gasteiger partial charge in [0.1, 0.15) is 12.4 Å². The summed E-state index contributed by atoms with van der Waals surface area (Å²) in [5.74, 6) is 0.432. The number of anilines is 1. The highest BCUT2D eigenvalue weighted by Crippen LogP contribution is 2.28. The molecule has 1 amide bonds. The Kier molecular flexibility index (Phi) is 7.02. The van der Waals surface area contributed by atoms with Gasteiger partial charge in [0, 0.05) is 18.9 Å². The van der Waals surface area contributed by atoms with E-state index in [1.807, 2.05) is 67.9 Å². The lowest BCUT2D eigenvalue weighted by Gasteiger charge is -2.26. The van der Waals surface area contributed by atoms with E-state index in [4.69, 9.17) is 0 Å². The van der Waals surface area contributed by atoms with Crippen LogP contribution in [0, 0.1) is 20.8 Å². The number of carbonyl (C=O) groups excluding carboxylic acids is 1. The molecule has 0 bridgehead atoms. The van der Waals surface area contributed by atoms with E-state index in [0.717, 1.165) is 28.2 Å². The SMILES string of the molecule is Cc1ccc(C)c(N(CC(=O)NCc2ccccc2-n2ccnc2C)S(=O)(=O)c2ccccc2)c1. The fourth-order valence-electron chi connectivity index (χ4n) is 3.92. The van der Waals surface area contributed by atoms with Gasteiger partial charge in [-0.05, 0) is 61.7 Å². The molecule has 0 spiro atoms. The molecule has 0 radical (unpaired) electrons. The standard InChI is InChI=1S/C27H28N4O3S/c1-20-13-14-21(2)26(17-20)31(35(33,34)24-10-5-4-6-11-24)19-27(32)29-18-23-9-7-8-12-25(23)30-16-15-28-22(30)3/h4-17H,18-19H2,1-3H3,(H,29,32). The summed E-state index contributed by atoms with van der Waals surface area (Å²) in [6.07, 6.45) is 3.59. The number of nitrogens with zero attached hydrogens (tertiary/aromatic N) is 3. The van der Waals surface area contributed by atoms with Crippen LogP contribution in [0.15, 0.2) is 90.1 Å². The smallest absolute Gasteiger partial charge is 0.264 e. The van der Waals surface area contributed by atoms with Crippen molar-refractivity contribution in [3.63, 3.8) is 0 Å². The molecule has 1 heterocycles. The summed E-state index contributed by atoms with van der Waals surface area (Å²) in [4.78, 5) is 17.5. The second-order valence-corrected chi connectivity index (χ2v) is 10.2. The minimum Gasteiger partial charge on any atom is -0.350 e. The van der Waals surface area contributed by atoms with Crippen LogP contribution in [0.5, 0.6) is 0 Å². The molecule has 180 valence electrons. The van der Waals surface area contributed by atoms with Crippen molar-refractivity contribution in [2.75, 3.05) is 10.8 Å². The molecule has 0 aliphatic carbocycles. The number of para-hydroxylation sites is 1. The Balaban J connectivity index is 1.61. The third-order valence-electron chi connectivity index (χ3n) is 5.80. The number of sulfonamides is 1. The number of benzene rings is 3. The van der Waals surface area contributed by atoms with Gasteiger partial charge in [0.2, 0.25) is 5.91 Å². The summed E-state index contributed by atoms with van der Waals surface area (Å²) in [6, 6.07) is 21.5. The largest absolute Gasteiger partial charge is 0.350 e. The quantitative estimate of drug-likeness (QED) is 0.401. The Morgan fingerprint density at radius 1 is 0.971 bits per heavy atom. The van der Waals surface area contributed by atoms with Crippen molar-refractivity contribution in [2.24, 2.45) is 0 Å². The molecule has 8 heteroatoms. The van der Waals surface area contributed by atoms with Gasteiger partial charge in [-0.2, -0.15) is 0 Å². The number of amides is 1. The highest BCUT2D eigenvalue weighted by molar-refractivity contribution is 7.92. The Bertz CT molecular complexity index is 1450. The summed E-state index contributed by atoms with van der Waals surface area (Å²) in [5, 5.41) is 2.90. The summed E-state index contributed by atoms with van der Waals surface area (Å²) in [6.45, 7) is 5.55. The van der Waals surface area contributed by atoms with Crippen LogP contribution >= 0.6 is 0 Å². The van der Waals surface area contributed by atoms with Gasteiger partial charge in [-0.25, -0.2) is 13.4 Å². The van der Waals surface area contributed by atoms with Gasteiger partial charge in [-0.1, -0.05) is 48.5 Å². The zero-order valence-corrected chi connectivity index (χ0v) is 20.8. The molecule has 0 atom stereocenters. The molecule has 4 aromatic rings. The van der Waals surface area contributed by atoms with E-state index in [2.05, 4.69) is 10.3 Å². The summed E-state index contributed by atoms with van der Waals surface area (Å²) in [5.41, 5.74) is 3.96. The number of aromatic nitrogens is 2. The van der Waals surface area contributed by atoms with Crippen LogP contribution in [0.25, 0.3) is 5.69 Å². The van der Waals surface area contributed by atoms with Crippen molar-refractivity contribution in [3.05, 3.63) is 108 Å². The average Bonchev–Trinajstić information content (AvgIpc) is 3.29. The normalized spacial score (nSPS) is 11.3. The van der Waals surface area contributed by atoms with E-state index in [1.54, 1.807) is 30.5 Å².